The van der Waals surface area contributed by atoms with Crippen molar-refractivity contribution in [1.29, 1.82) is 0 Å². The summed E-state index contributed by atoms with van der Waals surface area (Å²) in [5.41, 5.74) is 2.02. The minimum atomic E-state index is 0.749. The highest BCUT2D eigenvalue weighted by Gasteiger charge is 2.07. The molecule has 90 valence electrons. The summed E-state index contributed by atoms with van der Waals surface area (Å²) in [5, 5.41) is 14.4. The Morgan fingerprint density at radius 3 is 3.00 bits per heavy atom. The molecule has 3 rings (SSSR count). The van der Waals surface area contributed by atoms with E-state index in [1.165, 1.54) is 0 Å². The van der Waals surface area contributed by atoms with Crippen molar-refractivity contribution in [2.24, 2.45) is 0 Å². The van der Waals surface area contributed by atoms with Gasteiger partial charge in [-0.05, 0) is 19.2 Å². The van der Waals surface area contributed by atoms with Crippen LogP contribution in [0.3, 0.4) is 0 Å². The van der Waals surface area contributed by atoms with E-state index in [9.17, 15) is 0 Å². The van der Waals surface area contributed by atoms with Crippen molar-refractivity contribution in [1.82, 2.24) is 20.5 Å². The molecule has 3 aromatic rings. The van der Waals surface area contributed by atoms with Crippen molar-refractivity contribution in [3.05, 3.63) is 41.5 Å². The van der Waals surface area contributed by atoms with Crippen LogP contribution in [0.1, 0.15) is 5.01 Å². The van der Waals surface area contributed by atoms with Crippen molar-refractivity contribution in [3.8, 4) is 10.6 Å². The molecule has 0 radical (unpaired) electrons. The number of nitrogens with zero attached hydrogens (tertiary/aromatic N) is 3. The van der Waals surface area contributed by atoms with Crippen molar-refractivity contribution in [2.75, 3.05) is 7.05 Å². The number of pyridine rings is 1. The molecule has 5 heteroatoms. The molecule has 0 bridgehead atoms. The number of aromatic nitrogens is 3. The fourth-order valence-corrected chi connectivity index (χ4v) is 2.61. The maximum absolute atomic E-state index is 4.44. The van der Waals surface area contributed by atoms with Gasteiger partial charge in [0.2, 0.25) is 0 Å². The van der Waals surface area contributed by atoms with Crippen LogP contribution in [-0.4, -0.2) is 22.2 Å². The maximum Gasteiger partial charge on any atom is 0.149 e. The second-order valence-corrected chi connectivity index (χ2v) is 5.01. The number of para-hydroxylation sites is 1. The zero-order valence-electron chi connectivity index (χ0n) is 9.92. The molecule has 0 saturated carbocycles. The summed E-state index contributed by atoms with van der Waals surface area (Å²) in [6.07, 6.45) is 1.85. The summed E-state index contributed by atoms with van der Waals surface area (Å²) in [6, 6.07) is 10.2. The molecule has 0 aliphatic rings. The van der Waals surface area contributed by atoms with Gasteiger partial charge in [-0.3, -0.25) is 4.98 Å². The van der Waals surface area contributed by atoms with Gasteiger partial charge in [-0.2, -0.15) is 0 Å². The highest BCUT2D eigenvalue weighted by atomic mass is 32.1. The lowest BCUT2D eigenvalue weighted by atomic mass is 10.2. The zero-order valence-corrected chi connectivity index (χ0v) is 10.7. The molecule has 1 aromatic carbocycles. The Bertz CT molecular complexity index is 677. The van der Waals surface area contributed by atoms with Gasteiger partial charge in [0, 0.05) is 23.7 Å². The van der Waals surface area contributed by atoms with Crippen LogP contribution in [0.2, 0.25) is 0 Å². The van der Waals surface area contributed by atoms with E-state index in [2.05, 4.69) is 32.6 Å². The van der Waals surface area contributed by atoms with Gasteiger partial charge in [0.1, 0.15) is 10.0 Å². The van der Waals surface area contributed by atoms with Crippen LogP contribution in [0.5, 0.6) is 0 Å². The molecule has 18 heavy (non-hydrogen) atoms. The molecule has 0 aliphatic heterocycles. The third-order valence-electron chi connectivity index (χ3n) is 2.63. The molecule has 0 saturated heterocycles. The summed E-state index contributed by atoms with van der Waals surface area (Å²) in [6.45, 7) is 0.749. The van der Waals surface area contributed by atoms with Gasteiger partial charge in [0.25, 0.3) is 0 Å². The predicted molar refractivity (Wildman–Crippen MR) is 73.4 cm³/mol. The number of hydrogen-bond donors (Lipinski definition) is 1. The second-order valence-electron chi connectivity index (χ2n) is 3.95. The van der Waals surface area contributed by atoms with E-state index in [0.29, 0.717) is 0 Å². The highest BCUT2D eigenvalue weighted by Crippen LogP contribution is 2.25. The topological polar surface area (TPSA) is 50.7 Å². The largest absolute Gasteiger partial charge is 0.313 e. The molecular formula is C13H12N4S. The Hall–Kier alpha value is -1.85. The van der Waals surface area contributed by atoms with Crippen LogP contribution in [0.25, 0.3) is 21.5 Å². The monoisotopic (exact) mass is 256 g/mol. The third-order valence-corrected chi connectivity index (χ3v) is 3.60. The standard InChI is InChI=1S/C13H12N4S/c1-14-8-12-16-17-13(18-12)10-6-9-4-2-3-5-11(9)15-7-10/h2-7,14H,8H2,1H3. The van der Waals surface area contributed by atoms with Crippen LogP contribution < -0.4 is 5.32 Å². The highest BCUT2D eigenvalue weighted by molar-refractivity contribution is 7.14. The third kappa shape index (κ3) is 2.10. The van der Waals surface area contributed by atoms with Gasteiger partial charge in [0.15, 0.2) is 0 Å². The number of nitrogens with one attached hydrogen (secondary N) is 1. The number of benzene rings is 1. The van der Waals surface area contributed by atoms with Crippen molar-refractivity contribution >= 4 is 22.2 Å². The summed E-state index contributed by atoms with van der Waals surface area (Å²) >= 11 is 1.59. The Morgan fingerprint density at radius 1 is 1.22 bits per heavy atom. The van der Waals surface area contributed by atoms with E-state index in [0.717, 1.165) is 33.0 Å². The van der Waals surface area contributed by atoms with Crippen LogP contribution in [0, 0.1) is 0 Å². The molecule has 0 spiro atoms. The second kappa shape index (κ2) is 4.80. The number of hydrogen-bond acceptors (Lipinski definition) is 5. The van der Waals surface area contributed by atoms with Crippen molar-refractivity contribution in [3.63, 3.8) is 0 Å². The Morgan fingerprint density at radius 2 is 2.11 bits per heavy atom. The van der Waals surface area contributed by atoms with Gasteiger partial charge < -0.3 is 5.32 Å². The van der Waals surface area contributed by atoms with Gasteiger partial charge >= 0.3 is 0 Å². The van der Waals surface area contributed by atoms with Crippen molar-refractivity contribution in [2.45, 2.75) is 6.54 Å². The van der Waals surface area contributed by atoms with Crippen molar-refractivity contribution < 1.29 is 0 Å². The zero-order chi connectivity index (χ0) is 12.4. The molecular weight excluding hydrogens is 244 g/mol. The van der Waals surface area contributed by atoms with Crippen LogP contribution in [0.15, 0.2) is 36.5 Å². The molecule has 0 amide bonds. The smallest absolute Gasteiger partial charge is 0.149 e. The molecule has 0 fully saturated rings. The SMILES string of the molecule is CNCc1nnc(-c2cnc3ccccc3c2)s1. The molecule has 4 nitrogen and oxygen atoms in total. The summed E-state index contributed by atoms with van der Waals surface area (Å²) in [7, 11) is 1.90. The lowest BCUT2D eigenvalue weighted by molar-refractivity contribution is 0.795. The predicted octanol–water partition coefficient (Wildman–Crippen LogP) is 2.47. The molecule has 0 aliphatic carbocycles. The first-order chi connectivity index (χ1) is 8.86. The van der Waals surface area contributed by atoms with E-state index >= 15 is 0 Å². The first-order valence-electron chi connectivity index (χ1n) is 5.69. The lowest BCUT2D eigenvalue weighted by Gasteiger charge is -1.98. The minimum Gasteiger partial charge on any atom is -0.313 e. The van der Waals surface area contributed by atoms with E-state index in [1.807, 2.05) is 31.4 Å². The normalized spacial score (nSPS) is 10.9. The van der Waals surface area contributed by atoms with Crippen LogP contribution in [-0.2, 0) is 6.54 Å². The van der Waals surface area contributed by atoms with Gasteiger partial charge in [-0.25, -0.2) is 0 Å². The average Bonchev–Trinajstić information content (AvgIpc) is 2.87. The van der Waals surface area contributed by atoms with Gasteiger partial charge in [-0.1, -0.05) is 29.5 Å². The quantitative estimate of drug-likeness (QED) is 0.782. The minimum absolute atomic E-state index is 0.749. The molecule has 0 unspecified atom stereocenters. The lowest BCUT2D eigenvalue weighted by Crippen LogP contribution is -2.04. The first kappa shape index (κ1) is 11.3. The summed E-state index contributed by atoms with van der Waals surface area (Å²) in [4.78, 5) is 4.44. The van der Waals surface area contributed by atoms with Gasteiger partial charge in [0.05, 0.1) is 5.52 Å². The Labute approximate surface area is 109 Å². The Kier molecular flexibility index (Phi) is 3.00. The fourth-order valence-electron chi connectivity index (χ4n) is 1.78. The molecule has 2 aromatic heterocycles. The first-order valence-corrected chi connectivity index (χ1v) is 6.50. The summed E-state index contributed by atoms with van der Waals surface area (Å²) in [5.74, 6) is 0. The van der Waals surface area contributed by atoms with E-state index in [-0.39, 0.29) is 0 Å². The molecule has 1 N–H and O–H groups in total. The average molecular weight is 256 g/mol. The van der Waals surface area contributed by atoms with Crippen LogP contribution >= 0.6 is 11.3 Å². The number of fused-ring (bicyclic) bond motifs is 1. The van der Waals surface area contributed by atoms with Gasteiger partial charge in [-0.15, -0.1) is 10.2 Å². The van der Waals surface area contributed by atoms with Crippen LogP contribution in [0.4, 0.5) is 0 Å². The van der Waals surface area contributed by atoms with E-state index < -0.39 is 0 Å². The Balaban J connectivity index is 2.02. The molecule has 0 atom stereocenters. The van der Waals surface area contributed by atoms with E-state index in [4.69, 9.17) is 0 Å². The summed E-state index contributed by atoms with van der Waals surface area (Å²) < 4.78 is 0. The maximum atomic E-state index is 4.44. The fraction of sp³-hybridized carbons (Fsp3) is 0.154. The molecule has 2 heterocycles. The van der Waals surface area contributed by atoms with E-state index in [1.54, 1.807) is 11.3 Å². The number of rotatable bonds is 3.